The number of hydrogen-bond donors (Lipinski definition) is 2. The van der Waals surface area contributed by atoms with Gasteiger partial charge in [-0.25, -0.2) is 9.97 Å². The molecule has 16 heavy (non-hydrogen) atoms. The summed E-state index contributed by atoms with van der Waals surface area (Å²) in [4.78, 5) is 8.63. The van der Waals surface area contributed by atoms with Crippen molar-refractivity contribution in [1.29, 1.82) is 0 Å². The number of nitrogens with zero attached hydrogens (tertiary/aromatic N) is 2. The Morgan fingerprint density at radius 1 is 1.38 bits per heavy atom. The molecule has 1 aromatic rings. The highest BCUT2D eigenvalue weighted by molar-refractivity contribution is 5.37. The fourth-order valence-corrected chi connectivity index (χ4v) is 1.98. The molecule has 0 saturated carbocycles. The van der Waals surface area contributed by atoms with Crippen molar-refractivity contribution < 1.29 is 0 Å². The average Bonchev–Trinajstić information content (AvgIpc) is 2.26. The summed E-state index contributed by atoms with van der Waals surface area (Å²) in [7, 11) is 0. The Hall–Kier alpha value is -1.16. The molecule has 4 heteroatoms. The van der Waals surface area contributed by atoms with Gasteiger partial charge in [-0.2, -0.15) is 0 Å². The molecule has 0 aromatic carbocycles. The maximum atomic E-state index is 4.37. The number of hydrogen-bond acceptors (Lipinski definition) is 4. The summed E-state index contributed by atoms with van der Waals surface area (Å²) >= 11 is 0. The van der Waals surface area contributed by atoms with Gasteiger partial charge in [-0.15, -0.1) is 0 Å². The quantitative estimate of drug-likeness (QED) is 0.794. The fourth-order valence-electron chi connectivity index (χ4n) is 1.98. The normalized spacial score (nSPS) is 16.2. The van der Waals surface area contributed by atoms with Crippen LogP contribution in [0.4, 0.5) is 5.82 Å². The van der Waals surface area contributed by atoms with Crippen LogP contribution in [0.1, 0.15) is 38.3 Å². The molecule has 88 valence electrons. The zero-order chi connectivity index (χ0) is 11.4. The maximum Gasteiger partial charge on any atom is 0.129 e. The average molecular weight is 220 g/mol. The first-order chi connectivity index (χ1) is 7.83. The van der Waals surface area contributed by atoms with Crippen molar-refractivity contribution in [2.75, 3.05) is 18.4 Å². The molecule has 0 amide bonds. The highest BCUT2D eigenvalue weighted by atomic mass is 15.1. The standard InChI is InChI=1S/C12H20N4/c1-3-9(4-2)11-5-12(15-8-14-11)16-10-6-13-7-10/h5,8-10,13H,3-4,6-7H2,1-2H3,(H,14,15,16). The molecule has 0 spiro atoms. The van der Waals surface area contributed by atoms with Crippen LogP contribution >= 0.6 is 0 Å². The van der Waals surface area contributed by atoms with Crippen LogP contribution in [-0.4, -0.2) is 29.1 Å². The molecule has 1 aliphatic heterocycles. The first-order valence-electron chi connectivity index (χ1n) is 6.12. The van der Waals surface area contributed by atoms with E-state index in [1.807, 2.05) is 0 Å². The third kappa shape index (κ3) is 2.50. The van der Waals surface area contributed by atoms with E-state index in [4.69, 9.17) is 0 Å². The van der Waals surface area contributed by atoms with Crippen LogP contribution in [0.25, 0.3) is 0 Å². The van der Waals surface area contributed by atoms with Gasteiger partial charge in [0.1, 0.15) is 12.1 Å². The number of anilines is 1. The Kier molecular flexibility index (Phi) is 3.72. The predicted molar refractivity (Wildman–Crippen MR) is 65.6 cm³/mol. The molecular weight excluding hydrogens is 200 g/mol. The second kappa shape index (κ2) is 5.25. The van der Waals surface area contributed by atoms with Gasteiger partial charge >= 0.3 is 0 Å². The molecule has 1 fully saturated rings. The molecule has 0 aliphatic carbocycles. The lowest BCUT2D eigenvalue weighted by Gasteiger charge is -2.28. The number of rotatable bonds is 5. The van der Waals surface area contributed by atoms with Crippen molar-refractivity contribution in [3.63, 3.8) is 0 Å². The molecule has 1 saturated heterocycles. The van der Waals surface area contributed by atoms with Crippen molar-refractivity contribution >= 4 is 5.82 Å². The second-order valence-corrected chi connectivity index (χ2v) is 4.34. The fraction of sp³-hybridized carbons (Fsp3) is 0.667. The van der Waals surface area contributed by atoms with E-state index in [1.54, 1.807) is 6.33 Å². The molecule has 1 aromatic heterocycles. The molecule has 2 N–H and O–H groups in total. The zero-order valence-electron chi connectivity index (χ0n) is 10.0. The molecule has 0 radical (unpaired) electrons. The van der Waals surface area contributed by atoms with Crippen LogP contribution in [0.5, 0.6) is 0 Å². The van der Waals surface area contributed by atoms with E-state index < -0.39 is 0 Å². The zero-order valence-corrected chi connectivity index (χ0v) is 10.0. The Bertz CT molecular complexity index is 332. The van der Waals surface area contributed by atoms with Gasteiger partial charge in [-0.3, -0.25) is 0 Å². The minimum absolute atomic E-state index is 0.532. The van der Waals surface area contributed by atoms with Gasteiger partial charge in [-0.1, -0.05) is 13.8 Å². The highest BCUT2D eigenvalue weighted by Crippen LogP contribution is 2.22. The smallest absolute Gasteiger partial charge is 0.129 e. The molecule has 0 bridgehead atoms. The molecule has 0 atom stereocenters. The van der Waals surface area contributed by atoms with E-state index in [9.17, 15) is 0 Å². The lowest BCUT2D eigenvalue weighted by Crippen LogP contribution is -2.51. The van der Waals surface area contributed by atoms with Crippen LogP contribution in [0.3, 0.4) is 0 Å². The third-order valence-corrected chi connectivity index (χ3v) is 3.23. The Labute approximate surface area is 96.9 Å². The van der Waals surface area contributed by atoms with Crippen molar-refractivity contribution in [2.24, 2.45) is 0 Å². The SMILES string of the molecule is CCC(CC)c1cc(NC2CNC2)ncn1. The predicted octanol–water partition coefficient (Wildman–Crippen LogP) is 1.76. The summed E-state index contributed by atoms with van der Waals surface area (Å²) in [6, 6.07) is 2.63. The van der Waals surface area contributed by atoms with Gasteiger partial charge in [0.2, 0.25) is 0 Å². The Morgan fingerprint density at radius 2 is 2.12 bits per heavy atom. The van der Waals surface area contributed by atoms with Crippen molar-refractivity contribution in [2.45, 2.75) is 38.6 Å². The summed E-state index contributed by atoms with van der Waals surface area (Å²) in [6.07, 6.45) is 3.94. The van der Waals surface area contributed by atoms with Crippen LogP contribution in [-0.2, 0) is 0 Å². The van der Waals surface area contributed by atoms with Gasteiger partial charge in [0.25, 0.3) is 0 Å². The van der Waals surface area contributed by atoms with E-state index in [0.29, 0.717) is 12.0 Å². The van der Waals surface area contributed by atoms with Gasteiger partial charge in [0, 0.05) is 30.8 Å². The summed E-state index contributed by atoms with van der Waals surface area (Å²) in [6.45, 7) is 6.48. The number of nitrogens with one attached hydrogen (secondary N) is 2. The van der Waals surface area contributed by atoms with Crippen molar-refractivity contribution in [3.05, 3.63) is 18.1 Å². The van der Waals surface area contributed by atoms with Crippen LogP contribution in [0.15, 0.2) is 12.4 Å². The molecule has 1 aliphatic rings. The monoisotopic (exact) mass is 220 g/mol. The van der Waals surface area contributed by atoms with E-state index in [1.165, 1.54) is 0 Å². The van der Waals surface area contributed by atoms with Crippen LogP contribution in [0.2, 0.25) is 0 Å². The van der Waals surface area contributed by atoms with Gasteiger partial charge in [0.15, 0.2) is 0 Å². The minimum atomic E-state index is 0.532. The minimum Gasteiger partial charge on any atom is -0.365 e. The Morgan fingerprint density at radius 3 is 2.69 bits per heavy atom. The largest absolute Gasteiger partial charge is 0.365 e. The molecule has 4 nitrogen and oxygen atoms in total. The Balaban J connectivity index is 2.05. The van der Waals surface area contributed by atoms with E-state index in [-0.39, 0.29) is 0 Å². The first kappa shape index (κ1) is 11.3. The van der Waals surface area contributed by atoms with Crippen LogP contribution < -0.4 is 10.6 Å². The summed E-state index contributed by atoms with van der Waals surface area (Å²) in [5, 5.41) is 6.64. The third-order valence-electron chi connectivity index (χ3n) is 3.23. The lowest BCUT2D eigenvalue weighted by atomic mass is 9.99. The van der Waals surface area contributed by atoms with E-state index in [0.717, 1.165) is 37.4 Å². The van der Waals surface area contributed by atoms with Gasteiger partial charge in [0.05, 0.1) is 6.04 Å². The lowest BCUT2D eigenvalue weighted by molar-refractivity contribution is 0.471. The van der Waals surface area contributed by atoms with Crippen molar-refractivity contribution in [3.8, 4) is 0 Å². The summed E-state index contributed by atoms with van der Waals surface area (Å²) < 4.78 is 0. The molecular formula is C12H20N4. The van der Waals surface area contributed by atoms with Gasteiger partial charge < -0.3 is 10.6 Å². The summed E-state index contributed by atoms with van der Waals surface area (Å²) in [5.41, 5.74) is 1.16. The van der Waals surface area contributed by atoms with E-state index in [2.05, 4.69) is 40.5 Å². The molecule has 2 heterocycles. The van der Waals surface area contributed by atoms with Crippen LogP contribution in [0, 0.1) is 0 Å². The van der Waals surface area contributed by atoms with E-state index >= 15 is 0 Å². The van der Waals surface area contributed by atoms with Gasteiger partial charge in [-0.05, 0) is 12.8 Å². The maximum absolute atomic E-state index is 4.37. The first-order valence-corrected chi connectivity index (χ1v) is 6.12. The summed E-state index contributed by atoms with van der Waals surface area (Å²) in [5.74, 6) is 1.52. The highest BCUT2D eigenvalue weighted by Gasteiger charge is 2.17. The molecule has 2 rings (SSSR count). The topological polar surface area (TPSA) is 49.8 Å². The van der Waals surface area contributed by atoms with Crippen molar-refractivity contribution in [1.82, 2.24) is 15.3 Å². The second-order valence-electron chi connectivity index (χ2n) is 4.34. The number of aromatic nitrogens is 2. The molecule has 0 unspecified atom stereocenters.